The zero-order valence-corrected chi connectivity index (χ0v) is 21.3. The van der Waals surface area contributed by atoms with Crippen LogP contribution in [0.3, 0.4) is 0 Å². The topological polar surface area (TPSA) is 106 Å². The van der Waals surface area contributed by atoms with Gasteiger partial charge in [-0.3, -0.25) is 9.69 Å². The summed E-state index contributed by atoms with van der Waals surface area (Å²) in [4.78, 5) is 45.8. The van der Waals surface area contributed by atoms with Gasteiger partial charge in [-0.05, 0) is 59.2 Å². The van der Waals surface area contributed by atoms with Gasteiger partial charge >= 0.3 is 12.2 Å². The van der Waals surface area contributed by atoms with Gasteiger partial charge in [0.25, 0.3) is 0 Å². The molecule has 1 aromatic heterocycles. The van der Waals surface area contributed by atoms with Crippen LogP contribution in [0.15, 0.2) is 43.0 Å². The molecule has 0 aliphatic carbocycles. The highest BCUT2D eigenvalue weighted by Gasteiger charge is 2.40. The fourth-order valence-electron chi connectivity index (χ4n) is 3.60. The number of aromatic nitrogens is 2. The lowest BCUT2D eigenvalue weighted by atomic mass is 10.1. The Morgan fingerprint density at radius 1 is 1.03 bits per heavy atom. The van der Waals surface area contributed by atoms with Crippen LogP contribution in [0.25, 0.3) is 0 Å². The molecule has 0 bridgehead atoms. The van der Waals surface area contributed by atoms with Gasteiger partial charge in [0.2, 0.25) is 5.91 Å². The minimum Gasteiger partial charge on any atom is -0.444 e. The summed E-state index contributed by atoms with van der Waals surface area (Å²) in [5.41, 5.74) is 0.171. The number of hydrogen-bond acceptors (Lipinski definition) is 6. The van der Waals surface area contributed by atoms with Crippen molar-refractivity contribution in [1.29, 1.82) is 0 Å². The summed E-state index contributed by atoms with van der Waals surface area (Å²) in [6, 6.07) is 6.50. The van der Waals surface area contributed by atoms with E-state index >= 15 is 0 Å². The van der Waals surface area contributed by atoms with Crippen molar-refractivity contribution in [2.45, 2.75) is 65.3 Å². The maximum Gasteiger partial charge on any atom is 0.411 e. The van der Waals surface area contributed by atoms with Crippen molar-refractivity contribution in [1.82, 2.24) is 19.4 Å². The fraction of sp³-hybridized carbons (Fsp3) is 0.520. The van der Waals surface area contributed by atoms with Gasteiger partial charge in [0.1, 0.15) is 17.2 Å². The summed E-state index contributed by atoms with van der Waals surface area (Å²) >= 11 is 0. The molecule has 2 heterocycles. The number of nitrogens with one attached hydrogen (secondary N) is 1. The maximum absolute atomic E-state index is 13.4. The van der Waals surface area contributed by atoms with Crippen molar-refractivity contribution in [3.63, 3.8) is 0 Å². The van der Waals surface area contributed by atoms with E-state index < -0.39 is 35.3 Å². The van der Waals surface area contributed by atoms with Crippen LogP contribution >= 0.6 is 0 Å². The van der Waals surface area contributed by atoms with E-state index in [4.69, 9.17) is 9.47 Å². The molecule has 1 fully saturated rings. The lowest BCUT2D eigenvalue weighted by Crippen LogP contribution is -2.61. The third-order valence-corrected chi connectivity index (χ3v) is 5.08. The highest BCUT2D eigenvalue weighted by atomic mass is 16.6. The number of piperazine rings is 1. The zero-order chi connectivity index (χ0) is 25.8. The number of hydrogen-bond donors (Lipinski definition) is 1. The van der Waals surface area contributed by atoms with E-state index in [0.29, 0.717) is 12.2 Å². The first-order valence-electron chi connectivity index (χ1n) is 11.6. The molecule has 1 N–H and O–H groups in total. The van der Waals surface area contributed by atoms with E-state index in [1.165, 1.54) is 9.80 Å². The Bertz CT molecular complexity index is 1040. The second-order valence-corrected chi connectivity index (χ2v) is 10.5. The molecule has 0 spiro atoms. The van der Waals surface area contributed by atoms with E-state index in [0.717, 1.165) is 5.56 Å². The van der Waals surface area contributed by atoms with Crippen LogP contribution in [0.5, 0.6) is 0 Å². The molecule has 2 aromatic rings. The van der Waals surface area contributed by atoms with E-state index in [-0.39, 0.29) is 19.6 Å². The number of carbonyl (C=O) groups is 3. The standard InChI is InChI=1S/C25H35N5O5/c1-24(2,3)34-22(32)29-12-13-30(23(33)35-25(4,5)6)20(16-29)21(31)27-19-9-7-8-18(14-19)15-28-11-10-26-17-28/h7-11,14,17,20H,12-13,15-16H2,1-6H3,(H,27,31). The number of nitrogens with zero attached hydrogens (tertiary/aromatic N) is 4. The number of carbonyl (C=O) groups excluding carboxylic acids is 3. The van der Waals surface area contributed by atoms with Crippen molar-refractivity contribution >= 4 is 23.8 Å². The smallest absolute Gasteiger partial charge is 0.411 e. The minimum absolute atomic E-state index is 0.00524. The van der Waals surface area contributed by atoms with Gasteiger partial charge in [-0.2, -0.15) is 0 Å². The van der Waals surface area contributed by atoms with E-state index in [1.54, 1.807) is 60.1 Å². The molecule has 10 heteroatoms. The molecule has 1 aliphatic rings. The number of ether oxygens (including phenoxy) is 2. The molecule has 3 amide bonds. The van der Waals surface area contributed by atoms with Crippen LogP contribution in [0, 0.1) is 0 Å². The van der Waals surface area contributed by atoms with E-state index in [2.05, 4.69) is 10.3 Å². The molecule has 35 heavy (non-hydrogen) atoms. The molecule has 0 radical (unpaired) electrons. The molecule has 190 valence electrons. The number of amides is 3. The minimum atomic E-state index is -0.941. The van der Waals surface area contributed by atoms with E-state index in [9.17, 15) is 14.4 Å². The number of benzene rings is 1. The van der Waals surface area contributed by atoms with Crippen LogP contribution in [0.4, 0.5) is 15.3 Å². The third-order valence-electron chi connectivity index (χ3n) is 5.08. The Morgan fingerprint density at radius 3 is 2.34 bits per heavy atom. The molecule has 1 unspecified atom stereocenters. The second-order valence-electron chi connectivity index (χ2n) is 10.5. The molecular formula is C25H35N5O5. The van der Waals surface area contributed by atoms with Crippen LogP contribution in [-0.4, -0.2) is 74.3 Å². The van der Waals surface area contributed by atoms with Gasteiger partial charge in [-0.1, -0.05) is 12.1 Å². The Balaban J connectivity index is 1.77. The van der Waals surface area contributed by atoms with Crippen LogP contribution in [0.2, 0.25) is 0 Å². The summed E-state index contributed by atoms with van der Waals surface area (Å²) in [5, 5.41) is 2.90. The van der Waals surface area contributed by atoms with Crippen molar-refractivity contribution in [3.05, 3.63) is 48.5 Å². The second kappa shape index (κ2) is 10.4. The van der Waals surface area contributed by atoms with Gasteiger partial charge in [0.15, 0.2) is 0 Å². The molecule has 1 atom stereocenters. The van der Waals surface area contributed by atoms with Gasteiger partial charge in [-0.15, -0.1) is 0 Å². The zero-order valence-electron chi connectivity index (χ0n) is 21.3. The first-order valence-corrected chi connectivity index (χ1v) is 11.6. The first kappa shape index (κ1) is 26.1. The molecule has 1 saturated heterocycles. The Labute approximate surface area is 206 Å². The highest BCUT2D eigenvalue weighted by molar-refractivity contribution is 5.97. The van der Waals surface area contributed by atoms with Gasteiger partial charge < -0.3 is 24.3 Å². The molecule has 3 rings (SSSR count). The molecule has 0 saturated carbocycles. The normalized spacial score (nSPS) is 16.6. The summed E-state index contributed by atoms with van der Waals surface area (Å²) in [7, 11) is 0. The van der Waals surface area contributed by atoms with Gasteiger partial charge in [0.05, 0.1) is 12.9 Å². The lowest BCUT2D eigenvalue weighted by molar-refractivity contribution is -0.123. The fourth-order valence-corrected chi connectivity index (χ4v) is 3.60. The molecule has 10 nitrogen and oxygen atoms in total. The largest absolute Gasteiger partial charge is 0.444 e. The van der Waals surface area contributed by atoms with Crippen molar-refractivity contribution in [2.75, 3.05) is 25.0 Å². The first-order chi connectivity index (χ1) is 16.3. The van der Waals surface area contributed by atoms with Crippen molar-refractivity contribution in [2.24, 2.45) is 0 Å². The predicted molar refractivity (Wildman–Crippen MR) is 131 cm³/mol. The van der Waals surface area contributed by atoms with Crippen molar-refractivity contribution in [3.8, 4) is 0 Å². The lowest BCUT2D eigenvalue weighted by Gasteiger charge is -2.41. The molecule has 1 aliphatic heterocycles. The van der Waals surface area contributed by atoms with Crippen molar-refractivity contribution < 1.29 is 23.9 Å². The number of imidazole rings is 1. The summed E-state index contributed by atoms with van der Waals surface area (Å²) < 4.78 is 12.9. The summed E-state index contributed by atoms with van der Waals surface area (Å²) in [5.74, 6) is -0.413. The van der Waals surface area contributed by atoms with Gasteiger partial charge in [-0.25, -0.2) is 14.6 Å². The maximum atomic E-state index is 13.4. The highest BCUT2D eigenvalue weighted by Crippen LogP contribution is 2.20. The SMILES string of the molecule is CC(C)(C)OC(=O)N1CCN(C(=O)OC(C)(C)C)C(C(=O)Nc2cccc(Cn3ccnc3)c2)C1. The Morgan fingerprint density at radius 2 is 1.71 bits per heavy atom. The van der Waals surface area contributed by atoms with Crippen LogP contribution < -0.4 is 5.32 Å². The quantitative estimate of drug-likeness (QED) is 0.707. The number of rotatable bonds is 4. The average Bonchev–Trinajstić information content (AvgIpc) is 3.24. The third kappa shape index (κ3) is 7.73. The monoisotopic (exact) mass is 485 g/mol. The van der Waals surface area contributed by atoms with Crippen LogP contribution in [0.1, 0.15) is 47.1 Å². The Kier molecular flexibility index (Phi) is 7.72. The van der Waals surface area contributed by atoms with Crippen LogP contribution in [-0.2, 0) is 20.8 Å². The Hall–Kier alpha value is -3.56. The van der Waals surface area contributed by atoms with Gasteiger partial charge in [0, 0.05) is 37.7 Å². The number of anilines is 1. The average molecular weight is 486 g/mol. The van der Waals surface area contributed by atoms with E-state index in [1.807, 2.05) is 29.0 Å². The predicted octanol–water partition coefficient (Wildman–Crippen LogP) is 3.73. The summed E-state index contributed by atoms with van der Waals surface area (Å²) in [6.07, 6.45) is 4.15. The molecular weight excluding hydrogens is 450 g/mol. The molecule has 1 aromatic carbocycles. The summed E-state index contributed by atoms with van der Waals surface area (Å²) in [6.45, 7) is 11.6.